The van der Waals surface area contributed by atoms with Crippen LogP contribution in [0.4, 0.5) is 0 Å². The van der Waals surface area contributed by atoms with Gasteiger partial charge in [0.2, 0.25) is 0 Å². The molecule has 0 saturated heterocycles. The lowest BCUT2D eigenvalue weighted by atomic mass is 10.1. The van der Waals surface area contributed by atoms with Crippen LogP contribution < -0.4 is 14.8 Å². The van der Waals surface area contributed by atoms with Gasteiger partial charge in [-0.25, -0.2) is 0 Å². The van der Waals surface area contributed by atoms with Gasteiger partial charge in [-0.1, -0.05) is 24.3 Å². The highest BCUT2D eigenvalue weighted by Gasteiger charge is 2.11. The average Bonchev–Trinajstić information content (AvgIpc) is 2.99. The second-order valence-electron chi connectivity index (χ2n) is 5.32. The van der Waals surface area contributed by atoms with E-state index in [1.165, 1.54) is 16.7 Å². The molecule has 0 radical (unpaired) electrons. The van der Waals surface area contributed by atoms with E-state index in [4.69, 9.17) is 9.47 Å². The quantitative estimate of drug-likeness (QED) is 0.827. The summed E-state index contributed by atoms with van der Waals surface area (Å²) in [6, 6.07) is 14.7. The van der Waals surface area contributed by atoms with Crippen LogP contribution in [0.2, 0.25) is 0 Å². The van der Waals surface area contributed by atoms with Crippen LogP contribution in [0.5, 0.6) is 11.5 Å². The van der Waals surface area contributed by atoms with E-state index < -0.39 is 0 Å². The summed E-state index contributed by atoms with van der Waals surface area (Å²) in [4.78, 5) is 0. The van der Waals surface area contributed by atoms with Crippen molar-refractivity contribution >= 4 is 0 Å². The maximum Gasteiger partial charge on any atom is 0.122 e. The number of methoxy groups -OCH3 is 1. The van der Waals surface area contributed by atoms with E-state index in [1.54, 1.807) is 7.11 Å². The van der Waals surface area contributed by atoms with Crippen molar-refractivity contribution in [3.05, 3.63) is 59.2 Å². The molecule has 3 heteroatoms. The van der Waals surface area contributed by atoms with E-state index >= 15 is 0 Å². The number of hydrogen-bond donors (Lipinski definition) is 1. The third-order valence-electron chi connectivity index (χ3n) is 3.81. The molecule has 0 atom stereocenters. The van der Waals surface area contributed by atoms with Gasteiger partial charge in [0, 0.05) is 13.0 Å². The largest absolute Gasteiger partial charge is 0.497 e. The first-order chi connectivity index (χ1) is 10.3. The summed E-state index contributed by atoms with van der Waals surface area (Å²) >= 11 is 0. The lowest BCUT2D eigenvalue weighted by Gasteiger charge is -2.08. The molecule has 0 spiro atoms. The predicted molar refractivity (Wildman–Crippen MR) is 84.0 cm³/mol. The highest BCUT2D eigenvalue weighted by atomic mass is 16.5. The van der Waals surface area contributed by atoms with Crippen LogP contribution in [0, 0.1) is 0 Å². The van der Waals surface area contributed by atoms with Gasteiger partial charge in [0.1, 0.15) is 11.5 Å². The first kappa shape index (κ1) is 14.0. The van der Waals surface area contributed by atoms with Crippen molar-refractivity contribution in [3.63, 3.8) is 0 Å². The van der Waals surface area contributed by atoms with Crippen molar-refractivity contribution < 1.29 is 9.47 Å². The van der Waals surface area contributed by atoms with Gasteiger partial charge in [-0.05, 0) is 47.9 Å². The molecule has 1 aliphatic heterocycles. The fraction of sp³-hybridized carbons (Fsp3) is 0.333. The number of benzene rings is 2. The third-order valence-corrected chi connectivity index (χ3v) is 3.81. The molecule has 0 bridgehead atoms. The minimum Gasteiger partial charge on any atom is -0.497 e. The molecule has 110 valence electrons. The topological polar surface area (TPSA) is 30.5 Å². The molecular weight excluding hydrogens is 262 g/mol. The minimum atomic E-state index is 0.821. The molecule has 1 aliphatic rings. The Morgan fingerprint density at radius 1 is 1.14 bits per heavy atom. The van der Waals surface area contributed by atoms with Crippen molar-refractivity contribution in [3.8, 4) is 11.5 Å². The van der Waals surface area contributed by atoms with Gasteiger partial charge >= 0.3 is 0 Å². The van der Waals surface area contributed by atoms with Crippen molar-refractivity contribution in [1.82, 2.24) is 5.32 Å². The molecule has 0 aromatic heterocycles. The summed E-state index contributed by atoms with van der Waals surface area (Å²) < 4.78 is 10.8. The zero-order valence-electron chi connectivity index (χ0n) is 12.4. The molecule has 2 aromatic rings. The third kappa shape index (κ3) is 3.56. The molecule has 0 unspecified atom stereocenters. The van der Waals surface area contributed by atoms with Gasteiger partial charge in [-0.2, -0.15) is 0 Å². The number of ether oxygens (including phenoxy) is 2. The predicted octanol–water partition coefficient (Wildman–Crippen LogP) is 2.96. The van der Waals surface area contributed by atoms with Gasteiger partial charge in [0.25, 0.3) is 0 Å². The lowest BCUT2D eigenvalue weighted by Crippen LogP contribution is -2.16. The number of nitrogens with one attached hydrogen (secondary N) is 1. The Bertz CT molecular complexity index is 610. The molecule has 3 nitrogen and oxygen atoms in total. The molecule has 0 saturated carbocycles. The highest BCUT2D eigenvalue weighted by molar-refractivity contribution is 5.39. The van der Waals surface area contributed by atoms with Crippen LogP contribution in [-0.4, -0.2) is 20.3 Å². The Hall–Kier alpha value is -2.00. The van der Waals surface area contributed by atoms with E-state index in [0.29, 0.717) is 0 Å². The van der Waals surface area contributed by atoms with E-state index in [2.05, 4.69) is 35.6 Å². The fourth-order valence-electron chi connectivity index (χ4n) is 2.64. The van der Waals surface area contributed by atoms with E-state index in [1.807, 2.05) is 12.1 Å². The maximum atomic E-state index is 5.53. The van der Waals surface area contributed by atoms with Gasteiger partial charge in [-0.15, -0.1) is 0 Å². The lowest BCUT2D eigenvalue weighted by molar-refractivity contribution is 0.357. The Kier molecular flexibility index (Phi) is 4.41. The van der Waals surface area contributed by atoms with E-state index in [0.717, 1.165) is 44.0 Å². The second kappa shape index (κ2) is 6.64. The van der Waals surface area contributed by atoms with Crippen LogP contribution in [0.3, 0.4) is 0 Å². The molecule has 1 N–H and O–H groups in total. The Labute approximate surface area is 125 Å². The summed E-state index contributed by atoms with van der Waals surface area (Å²) in [5.41, 5.74) is 3.95. The van der Waals surface area contributed by atoms with Crippen LogP contribution in [-0.2, 0) is 19.4 Å². The molecule has 0 aliphatic carbocycles. The summed E-state index contributed by atoms with van der Waals surface area (Å²) in [6.07, 6.45) is 2.04. The van der Waals surface area contributed by atoms with Crippen molar-refractivity contribution in [2.75, 3.05) is 20.3 Å². The fourth-order valence-corrected chi connectivity index (χ4v) is 2.64. The smallest absolute Gasteiger partial charge is 0.122 e. The molecule has 0 amide bonds. The first-order valence-corrected chi connectivity index (χ1v) is 7.43. The standard InChI is InChI=1S/C18H21NO2/c1-20-17-4-2-3-14(12-17)7-9-19-13-15-5-6-18-16(11-15)8-10-21-18/h2-6,11-12,19H,7-10,13H2,1H3. The summed E-state index contributed by atoms with van der Waals surface area (Å²) in [5, 5.41) is 3.50. The summed E-state index contributed by atoms with van der Waals surface area (Å²) in [5.74, 6) is 1.97. The van der Waals surface area contributed by atoms with Crippen molar-refractivity contribution in [2.24, 2.45) is 0 Å². The second-order valence-corrected chi connectivity index (χ2v) is 5.32. The molecule has 21 heavy (non-hydrogen) atoms. The monoisotopic (exact) mass is 283 g/mol. The minimum absolute atomic E-state index is 0.821. The molecule has 0 fully saturated rings. The van der Waals surface area contributed by atoms with Crippen LogP contribution in [0.25, 0.3) is 0 Å². The summed E-state index contributed by atoms with van der Waals surface area (Å²) in [6.45, 7) is 2.68. The van der Waals surface area contributed by atoms with Gasteiger partial charge in [-0.3, -0.25) is 0 Å². The normalized spacial score (nSPS) is 12.8. The zero-order valence-corrected chi connectivity index (χ0v) is 12.4. The molecule has 3 rings (SSSR count). The Balaban J connectivity index is 1.47. The van der Waals surface area contributed by atoms with E-state index in [-0.39, 0.29) is 0 Å². The summed E-state index contributed by atoms with van der Waals surface area (Å²) in [7, 11) is 1.70. The maximum absolute atomic E-state index is 5.53. The van der Waals surface area contributed by atoms with Crippen LogP contribution in [0.1, 0.15) is 16.7 Å². The molecule has 2 aromatic carbocycles. The Morgan fingerprint density at radius 3 is 3.00 bits per heavy atom. The van der Waals surface area contributed by atoms with Crippen molar-refractivity contribution in [1.29, 1.82) is 0 Å². The van der Waals surface area contributed by atoms with Gasteiger partial charge in [0.05, 0.1) is 13.7 Å². The number of rotatable bonds is 6. The average molecular weight is 283 g/mol. The van der Waals surface area contributed by atoms with Crippen LogP contribution in [0.15, 0.2) is 42.5 Å². The first-order valence-electron chi connectivity index (χ1n) is 7.43. The highest BCUT2D eigenvalue weighted by Crippen LogP contribution is 2.25. The SMILES string of the molecule is COc1cccc(CCNCc2ccc3c(c2)CCO3)c1. The van der Waals surface area contributed by atoms with Gasteiger partial charge < -0.3 is 14.8 Å². The van der Waals surface area contributed by atoms with Gasteiger partial charge in [0.15, 0.2) is 0 Å². The molecule has 1 heterocycles. The molecular formula is C18H21NO2. The number of fused-ring (bicyclic) bond motifs is 1. The van der Waals surface area contributed by atoms with Crippen LogP contribution >= 0.6 is 0 Å². The zero-order chi connectivity index (χ0) is 14.5. The van der Waals surface area contributed by atoms with Crippen molar-refractivity contribution in [2.45, 2.75) is 19.4 Å². The van der Waals surface area contributed by atoms with E-state index in [9.17, 15) is 0 Å². The Morgan fingerprint density at radius 2 is 2.10 bits per heavy atom. The number of hydrogen-bond acceptors (Lipinski definition) is 3.